The highest BCUT2D eigenvalue weighted by molar-refractivity contribution is 6.20. The third-order valence-electron chi connectivity index (χ3n) is 7.51. The molecule has 0 saturated carbocycles. The van der Waals surface area contributed by atoms with Crippen molar-refractivity contribution in [1.82, 2.24) is 9.55 Å². The van der Waals surface area contributed by atoms with E-state index < -0.39 is 0 Å². The predicted octanol–water partition coefficient (Wildman–Crippen LogP) is 9.24. The zero-order chi connectivity index (χ0) is 23.6. The summed E-state index contributed by atoms with van der Waals surface area (Å²) in [5, 5.41) is 7.67. The molecule has 0 saturated heterocycles. The van der Waals surface area contributed by atoms with E-state index in [1.807, 2.05) is 0 Å². The van der Waals surface area contributed by atoms with Crippen molar-refractivity contribution in [2.45, 2.75) is 0 Å². The Morgan fingerprint density at radius 2 is 1.14 bits per heavy atom. The van der Waals surface area contributed by atoms with Gasteiger partial charge in [-0.25, -0.2) is 0 Å². The van der Waals surface area contributed by atoms with E-state index in [0.717, 1.165) is 0 Å². The van der Waals surface area contributed by atoms with E-state index in [2.05, 4.69) is 137 Å². The first-order chi connectivity index (χ1) is 17.8. The molecule has 2 heteroatoms. The predicted molar refractivity (Wildman–Crippen MR) is 153 cm³/mol. The van der Waals surface area contributed by atoms with Crippen LogP contribution in [0.3, 0.4) is 0 Å². The van der Waals surface area contributed by atoms with Gasteiger partial charge >= 0.3 is 0 Å². The van der Waals surface area contributed by atoms with Gasteiger partial charge in [0.1, 0.15) is 0 Å². The molecule has 2 heterocycles. The number of aromatic nitrogens is 2. The Hall–Kier alpha value is -4.82. The van der Waals surface area contributed by atoms with E-state index in [1.54, 1.807) is 0 Å². The maximum absolute atomic E-state index is 3.59. The lowest BCUT2D eigenvalue weighted by Gasteiger charge is -2.10. The molecule has 0 bridgehead atoms. The highest BCUT2D eigenvalue weighted by Gasteiger charge is 2.14. The molecule has 168 valence electrons. The van der Waals surface area contributed by atoms with Crippen LogP contribution in [0.2, 0.25) is 0 Å². The van der Waals surface area contributed by atoms with Crippen LogP contribution in [0.4, 0.5) is 0 Å². The molecule has 0 fully saturated rings. The van der Waals surface area contributed by atoms with Crippen LogP contribution in [0.1, 0.15) is 0 Å². The van der Waals surface area contributed by atoms with Crippen molar-refractivity contribution in [1.29, 1.82) is 0 Å². The average molecular weight is 459 g/mol. The fraction of sp³-hybridized carbons (Fsp3) is 0. The number of rotatable bonds is 2. The Kier molecular flexibility index (Phi) is 3.97. The van der Waals surface area contributed by atoms with Crippen LogP contribution in [0.15, 0.2) is 127 Å². The van der Waals surface area contributed by atoms with Crippen LogP contribution in [-0.4, -0.2) is 9.55 Å². The number of nitrogens with one attached hydrogen (secondary N) is 1. The van der Waals surface area contributed by atoms with E-state index in [4.69, 9.17) is 0 Å². The molecule has 36 heavy (non-hydrogen) atoms. The third-order valence-corrected chi connectivity index (χ3v) is 7.51. The van der Waals surface area contributed by atoms with Gasteiger partial charge in [-0.05, 0) is 64.4 Å². The number of hydrogen-bond acceptors (Lipinski definition) is 0. The van der Waals surface area contributed by atoms with Crippen LogP contribution in [0.25, 0.3) is 71.2 Å². The number of nitrogens with zero attached hydrogens (tertiary/aromatic N) is 1. The first-order valence-corrected chi connectivity index (χ1v) is 12.4. The zero-order valence-electron chi connectivity index (χ0n) is 19.6. The van der Waals surface area contributed by atoms with E-state index >= 15 is 0 Å². The second-order valence-corrected chi connectivity index (χ2v) is 9.51. The van der Waals surface area contributed by atoms with Crippen LogP contribution in [0.5, 0.6) is 0 Å². The summed E-state index contributed by atoms with van der Waals surface area (Å²) in [6.45, 7) is 0. The van der Waals surface area contributed by atoms with Gasteiger partial charge < -0.3 is 9.55 Å². The summed E-state index contributed by atoms with van der Waals surface area (Å²) in [5.41, 5.74) is 8.45. The molecule has 6 aromatic carbocycles. The standard InChI is InChI=1S/C34H22N2/c1-2-8-25(9-3-1)36-32-13-7-5-10-26(32)27-18-16-24(21-33(27)36)23-15-14-22-17-19-31-34(29(22)20-23)28-11-4-6-12-30(28)35-31/h1-21,35H. The number of H-pyrrole nitrogens is 1. The fourth-order valence-corrected chi connectivity index (χ4v) is 5.85. The van der Waals surface area contributed by atoms with Crippen LogP contribution in [0, 0.1) is 0 Å². The average Bonchev–Trinajstić information content (AvgIpc) is 3.49. The Morgan fingerprint density at radius 1 is 0.444 bits per heavy atom. The fourth-order valence-electron chi connectivity index (χ4n) is 5.85. The summed E-state index contributed by atoms with van der Waals surface area (Å²) in [7, 11) is 0. The molecular formula is C34H22N2. The molecule has 0 amide bonds. The quantitative estimate of drug-likeness (QED) is 0.266. The number of para-hydroxylation sites is 3. The second kappa shape index (κ2) is 7.34. The molecule has 0 aliphatic heterocycles. The molecule has 1 N–H and O–H groups in total. The summed E-state index contributed by atoms with van der Waals surface area (Å²) in [4.78, 5) is 3.59. The number of hydrogen-bond donors (Lipinski definition) is 1. The lowest BCUT2D eigenvalue weighted by atomic mass is 9.97. The SMILES string of the molecule is c1ccc(-n2c3ccccc3c3ccc(-c4ccc5ccc6[nH]c7ccccc7c6c5c4)cc32)cc1. The van der Waals surface area contributed by atoms with Gasteiger partial charge in [0, 0.05) is 38.3 Å². The summed E-state index contributed by atoms with van der Waals surface area (Å²) in [6.07, 6.45) is 0. The zero-order valence-corrected chi connectivity index (χ0v) is 19.6. The van der Waals surface area contributed by atoms with E-state index in [1.165, 1.54) is 71.2 Å². The Bertz CT molecular complexity index is 2090. The first kappa shape index (κ1) is 19.5. The largest absolute Gasteiger partial charge is 0.354 e. The number of fused-ring (bicyclic) bond motifs is 8. The summed E-state index contributed by atoms with van der Waals surface area (Å²) < 4.78 is 2.38. The molecule has 0 aliphatic rings. The molecule has 0 radical (unpaired) electrons. The summed E-state index contributed by atoms with van der Waals surface area (Å²) >= 11 is 0. The number of benzene rings is 6. The molecule has 0 aliphatic carbocycles. The maximum Gasteiger partial charge on any atom is 0.0547 e. The number of aromatic amines is 1. The van der Waals surface area contributed by atoms with Crippen molar-refractivity contribution in [2.75, 3.05) is 0 Å². The Labute approximate surface area is 208 Å². The summed E-state index contributed by atoms with van der Waals surface area (Å²) in [6, 6.07) is 46.1. The van der Waals surface area contributed by atoms with E-state index in [0.29, 0.717) is 0 Å². The van der Waals surface area contributed by atoms with Gasteiger partial charge in [-0.3, -0.25) is 0 Å². The minimum absolute atomic E-state index is 1.18. The minimum atomic E-state index is 1.18. The van der Waals surface area contributed by atoms with Gasteiger partial charge in [0.2, 0.25) is 0 Å². The molecule has 2 aromatic heterocycles. The first-order valence-electron chi connectivity index (χ1n) is 12.4. The molecule has 2 nitrogen and oxygen atoms in total. The molecule has 8 aromatic rings. The van der Waals surface area contributed by atoms with Crippen molar-refractivity contribution in [3.63, 3.8) is 0 Å². The highest BCUT2D eigenvalue weighted by Crippen LogP contribution is 2.37. The van der Waals surface area contributed by atoms with Gasteiger partial charge in [-0.2, -0.15) is 0 Å². The van der Waals surface area contributed by atoms with Crippen molar-refractivity contribution in [2.24, 2.45) is 0 Å². The maximum atomic E-state index is 3.59. The Morgan fingerprint density at radius 3 is 2.06 bits per heavy atom. The van der Waals surface area contributed by atoms with E-state index in [-0.39, 0.29) is 0 Å². The molecule has 0 spiro atoms. The lowest BCUT2D eigenvalue weighted by molar-refractivity contribution is 1.18. The summed E-state index contributed by atoms with van der Waals surface area (Å²) in [5.74, 6) is 0. The van der Waals surface area contributed by atoms with Crippen molar-refractivity contribution in [3.8, 4) is 16.8 Å². The van der Waals surface area contributed by atoms with Crippen LogP contribution >= 0.6 is 0 Å². The van der Waals surface area contributed by atoms with Gasteiger partial charge in [-0.1, -0.05) is 84.9 Å². The van der Waals surface area contributed by atoms with E-state index in [9.17, 15) is 0 Å². The second-order valence-electron chi connectivity index (χ2n) is 9.51. The van der Waals surface area contributed by atoms with Gasteiger partial charge in [-0.15, -0.1) is 0 Å². The van der Waals surface area contributed by atoms with Crippen LogP contribution < -0.4 is 0 Å². The molecular weight excluding hydrogens is 436 g/mol. The highest BCUT2D eigenvalue weighted by atomic mass is 15.0. The van der Waals surface area contributed by atoms with Gasteiger partial charge in [0.25, 0.3) is 0 Å². The smallest absolute Gasteiger partial charge is 0.0547 e. The van der Waals surface area contributed by atoms with Crippen molar-refractivity contribution < 1.29 is 0 Å². The normalized spacial score (nSPS) is 11.9. The molecule has 8 rings (SSSR count). The minimum Gasteiger partial charge on any atom is -0.354 e. The van der Waals surface area contributed by atoms with Crippen molar-refractivity contribution >= 4 is 54.4 Å². The third kappa shape index (κ3) is 2.73. The lowest BCUT2D eigenvalue weighted by Crippen LogP contribution is -1.93. The van der Waals surface area contributed by atoms with Gasteiger partial charge in [0.05, 0.1) is 11.0 Å². The van der Waals surface area contributed by atoms with Crippen LogP contribution in [-0.2, 0) is 0 Å². The Balaban J connectivity index is 1.41. The molecule has 0 unspecified atom stereocenters. The van der Waals surface area contributed by atoms with Gasteiger partial charge in [0.15, 0.2) is 0 Å². The monoisotopic (exact) mass is 458 g/mol. The topological polar surface area (TPSA) is 20.7 Å². The van der Waals surface area contributed by atoms with Crippen molar-refractivity contribution in [3.05, 3.63) is 127 Å². The molecule has 0 atom stereocenters.